The van der Waals surface area contributed by atoms with Crippen molar-refractivity contribution in [2.75, 3.05) is 11.9 Å². The molecular formula is C9H12ClN3. The first-order valence-corrected chi connectivity index (χ1v) is 4.43. The maximum absolute atomic E-state index is 5.61. The van der Waals surface area contributed by atoms with E-state index in [0.29, 0.717) is 0 Å². The summed E-state index contributed by atoms with van der Waals surface area (Å²) in [7, 11) is 0. The fraction of sp³-hybridized carbons (Fsp3) is 0.333. The topological polar surface area (TPSA) is 37.8 Å². The maximum atomic E-state index is 5.61. The molecule has 1 N–H and O–H groups in total. The van der Waals surface area contributed by atoms with Gasteiger partial charge >= 0.3 is 0 Å². The van der Waals surface area contributed by atoms with Crippen LogP contribution < -0.4 is 5.32 Å². The lowest BCUT2D eigenvalue weighted by molar-refractivity contribution is 0.985. The Bertz CT molecular complexity index is 299. The van der Waals surface area contributed by atoms with Gasteiger partial charge < -0.3 is 5.32 Å². The van der Waals surface area contributed by atoms with Crippen molar-refractivity contribution < 1.29 is 0 Å². The molecule has 1 aromatic rings. The van der Waals surface area contributed by atoms with E-state index < -0.39 is 0 Å². The molecule has 0 aliphatic carbocycles. The molecule has 0 aliphatic rings. The molecule has 4 heteroatoms. The Morgan fingerprint density at radius 2 is 2.46 bits per heavy atom. The van der Waals surface area contributed by atoms with Crippen LogP contribution in [0.3, 0.4) is 0 Å². The summed E-state index contributed by atoms with van der Waals surface area (Å²) in [6.07, 6.45) is 2.56. The molecule has 1 heterocycles. The summed E-state index contributed by atoms with van der Waals surface area (Å²) in [5.74, 6) is 0.751. The van der Waals surface area contributed by atoms with Crippen LogP contribution in [0.4, 0.5) is 5.82 Å². The van der Waals surface area contributed by atoms with Crippen molar-refractivity contribution >= 4 is 17.4 Å². The molecule has 70 valence electrons. The van der Waals surface area contributed by atoms with Crippen LogP contribution in [0.5, 0.6) is 0 Å². The molecule has 1 rings (SSSR count). The first-order valence-electron chi connectivity index (χ1n) is 4.05. The van der Waals surface area contributed by atoms with Gasteiger partial charge in [0.2, 0.25) is 5.28 Å². The van der Waals surface area contributed by atoms with E-state index in [4.69, 9.17) is 11.6 Å². The fourth-order valence-electron chi connectivity index (χ4n) is 0.837. The lowest BCUT2D eigenvalue weighted by atomic mass is 10.2. The zero-order chi connectivity index (χ0) is 9.68. The van der Waals surface area contributed by atoms with Gasteiger partial charge in [0.1, 0.15) is 5.82 Å². The van der Waals surface area contributed by atoms with Crippen LogP contribution in [0, 0.1) is 0 Å². The van der Waals surface area contributed by atoms with Gasteiger partial charge in [-0.1, -0.05) is 5.57 Å². The fourth-order valence-corrected chi connectivity index (χ4v) is 0.985. The Kier molecular flexibility index (Phi) is 3.71. The molecule has 0 atom stereocenters. The second-order valence-corrected chi connectivity index (χ2v) is 3.18. The van der Waals surface area contributed by atoms with E-state index in [0.717, 1.165) is 24.4 Å². The first-order chi connectivity index (χ1) is 6.18. The zero-order valence-electron chi connectivity index (χ0n) is 7.55. The number of rotatable bonds is 4. The molecule has 13 heavy (non-hydrogen) atoms. The van der Waals surface area contributed by atoms with Crippen LogP contribution in [0.15, 0.2) is 24.4 Å². The van der Waals surface area contributed by atoms with Crippen LogP contribution in [-0.2, 0) is 0 Å². The van der Waals surface area contributed by atoms with Crippen molar-refractivity contribution in [2.24, 2.45) is 0 Å². The number of hydrogen-bond acceptors (Lipinski definition) is 3. The number of nitrogens with one attached hydrogen (secondary N) is 1. The first kappa shape index (κ1) is 9.99. The largest absolute Gasteiger partial charge is 0.370 e. The van der Waals surface area contributed by atoms with Gasteiger partial charge in [-0.15, -0.1) is 6.58 Å². The lowest BCUT2D eigenvalue weighted by Gasteiger charge is -2.04. The van der Waals surface area contributed by atoms with E-state index >= 15 is 0 Å². The molecule has 0 amide bonds. The van der Waals surface area contributed by atoms with Crippen LogP contribution in [0.2, 0.25) is 5.28 Å². The van der Waals surface area contributed by atoms with Crippen molar-refractivity contribution in [1.29, 1.82) is 0 Å². The molecular weight excluding hydrogens is 186 g/mol. The Hall–Kier alpha value is -1.09. The molecule has 0 saturated heterocycles. The van der Waals surface area contributed by atoms with Crippen LogP contribution in [0.1, 0.15) is 13.3 Å². The Morgan fingerprint density at radius 3 is 3.08 bits per heavy atom. The average Bonchev–Trinajstić information content (AvgIpc) is 2.03. The minimum atomic E-state index is 0.264. The highest BCUT2D eigenvalue weighted by Crippen LogP contribution is 2.06. The van der Waals surface area contributed by atoms with Gasteiger partial charge in [0.25, 0.3) is 0 Å². The monoisotopic (exact) mass is 197 g/mol. The molecule has 0 saturated carbocycles. The molecule has 0 aliphatic heterocycles. The highest BCUT2D eigenvalue weighted by Gasteiger charge is 1.94. The van der Waals surface area contributed by atoms with E-state index in [2.05, 4.69) is 21.9 Å². The van der Waals surface area contributed by atoms with Gasteiger partial charge in [-0.05, 0) is 31.0 Å². The predicted molar refractivity (Wildman–Crippen MR) is 55.0 cm³/mol. The Labute approximate surface area is 82.9 Å². The van der Waals surface area contributed by atoms with Crippen LogP contribution in [-0.4, -0.2) is 16.5 Å². The smallest absolute Gasteiger partial charge is 0.224 e. The molecule has 0 aromatic carbocycles. The van der Waals surface area contributed by atoms with E-state index in [-0.39, 0.29) is 5.28 Å². The third-order valence-electron chi connectivity index (χ3n) is 1.48. The SMILES string of the molecule is C=C(C)CCNc1ccnc(Cl)n1. The minimum absolute atomic E-state index is 0.264. The second kappa shape index (κ2) is 4.82. The molecule has 3 nitrogen and oxygen atoms in total. The van der Waals surface area contributed by atoms with Gasteiger partial charge in [0, 0.05) is 12.7 Å². The summed E-state index contributed by atoms with van der Waals surface area (Å²) in [6, 6.07) is 1.78. The quantitative estimate of drug-likeness (QED) is 0.596. The van der Waals surface area contributed by atoms with Gasteiger partial charge in [-0.3, -0.25) is 0 Å². The number of nitrogens with zero attached hydrogens (tertiary/aromatic N) is 2. The summed E-state index contributed by atoms with van der Waals surface area (Å²) in [4.78, 5) is 7.76. The molecule has 0 bridgehead atoms. The van der Waals surface area contributed by atoms with Gasteiger partial charge in [-0.2, -0.15) is 0 Å². The molecule has 0 unspecified atom stereocenters. The van der Waals surface area contributed by atoms with Crippen molar-refractivity contribution in [3.8, 4) is 0 Å². The summed E-state index contributed by atoms with van der Waals surface area (Å²) >= 11 is 5.61. The Morgan fingerprint density at radius 1 is 1.69 bits per heavy atom. The third kappa shape index (κ3) is 3.90. The van der Waals surface area contributed by atoms with Crippen molar-refractivity contribution in [3.63, 3.8) is 0 Å². The van der Waals surface area contributed by atoms with Crippen molar-refractivity contribution in [3.05, 3.63) is 29.7 Å². The lowest BCUT2D eigenvalue weighted by Crippen LogP contribution is -2.03. The molecule has 0 fully saturated rings. The van der Waals surface area contributed by atoms with Crippen LogP contribution >= 0.6 is 11.6 Å². The van der Waals surface area contributed by atoms with Gasteiger partial charge in [-0.25, -0.2) is 9.97 Å². The van der Waals surface area contributed by atoms with Gasteiger partial charge in [0.15, 0.2) is 0 Å². The average molecular weight is 198 g/mol. The molecule has 0 spiro atoms. The van der Waals surface area contributed by atoms with E-state index in [1.807, 2.05) is 6.92 Å². The standard InChI is InChI=1S/C9H12ClN3/c1-7(2)3-5-11-8-4-6-12-9(10)13-8/h4,6H,1,3,5H2,2H3,(H,11,12,13). The van der Waals surface area contributed by atoms with E-state index in [1.54, 1.807) is 12.3 Å². The number of hydrogen-bond donors (Lipinski definition) is 1. The minimum Gasteiger partial charge on any atom is -0.370 e. The maximum Gasteiger partial charge on any atom is 0.224 e. The summed E-state index contributed by atoms with van der Waals surface area (Å²) in [5.41, 5.74) is 1.15. The Balaban J connectivity index is 2.41. The summed E-state index contributed by atoms with van der Waals surface area (Å²) in [5, 5.41) is 3.38. The number of aromatic nitrogens is 2. The van der Waals surface area contributed by atoms with Crippen molar-refractivity contribution in [2.45, 2.75) is 13.3 Å². The zero-order valence-corrected chi connectivity index (χ0v) is 8.30. The number of halogens is 1. The highest BCUT2D eigenvalue weighted by atomic mass is 35.5. The summed E-state index contributed by atoms with van der Waals surface area (Å²) in [6.45, 7) is 6.62. The molecule has 1 aromatic heterocycles. The molecule has 0 radical (unpaired) electrons. The van der Waals surface area contributed by atoms with Gasteiger partial charge in [0.05, 0.1) is 0 Å². The third-order valence-corrected chi connectivity index (χ3v) is 1.67. The van der Waals surface area contributed by atoms with E-state index in [1.165, 1.54) is 0 Å². The highest BCUT2D eigenvalue weighted by molar-refractivity contribution is 6.28. The summed E-state index contributed by atoms with van der Waals surface area (Å²) < 4.78 is 0. The van der Waals surface area contributed by atoms with Crippen molar-refractivity contribution in [1.82, 2.24) is 9.97 Å². The van der Waals surface area contributed by atoms with Crippen LogP contribution in [0.25, 0.3) is 0 Å². The second-order valence-electron chi connectivity index (χ2n) is 2.84. The predicted octanol–water partition coefficient (Wildman–Crippen LogP) is 2.51. The van der Waals surface area contributed by atoms with E-state index in [9.17, 15) is 0 Å². The number of anilines is 1. The normalized spacial score (nSPS) is 9.69.